The summed E-state index contributed by atoms with van der Waals surface area (Å²) in [4.78, 5) is 24.5. The van der Waals surface area contributed by atoms with Gasteiger partial charge in [-0.2, -0.15) is 5.10 Å². The summed E-state index contributed by atoms with van der Waals surface area (Å²) in [6, 6.07) is 3.06. The number of nitrogens with one attached hydrogen (secondary N) is 3. The Morgan fingerprint density at radius 1 is 1.25 bits per heavy atom. The van der Waals surface area contributed by atoms with Crippen molar-refractivity contribution >= 4 is 34.9 Å². The van der Waals surface area contributed by atoms with Gasteiger partial charge in [-0.15, -0.1) is 0 Å². The maximum atomic E-state index is 12.5. The molecule has 0 saturated carbocycles. The van der Waals surface area contributed by atoms with Gasteiger partial charge in [0.15, 0.2) is 16.6 Å². The van der Waals surface area contributed by atoms with Crippen LogP contribution in [0, 0.1) is 12.3 Å². The van der Waals surface area contributed by atoms with Crippen molar-refractivity contribution in [2.24, 2.45) is 16.3 Å². The highest BCUT2D eigenvalue weighted by Gasteiger charge is 2.36. The van der Waals surface area contributed by atoms with Gasteiger partial charge in [0.1, 0.15) is 5.76 Å². The summed E-state index contributed by atoms with van der Waals surface area (Å²) in [6.45, 7) is 5.92. The third-order valence-electron chi connectivity index (χ3n) is 4.34. The molecule has 0 bridgehead atoms. The molecule has 5 N–H and O–H groups in total. The van der Waals surface area contributed by atoms with E-state index in [-0.39, 0.29) is 22.0 Å². The monoisotopic (exact) mass is 403 g/mol. The van der Waals surface area contributed by atoms with Gasteiger partial charge in [0.25, 0.3) is 0 Å². The van der Waals surface area contributed by atoms with Gasteiger partial charge in [-0.05, 0) is 43.1 Å². The lowest BCUT2D eigenvalue weighted by Crippen LogP contribution is -2.41. The summed E-state index contributed by atoms with van der Waals surface area (Å²) in [5.41, 5.74) is 14.7. The maximum absolute atomic E-state index is 12.5. The summed E-state index contributed by atoms with van der Waals surface area (Å²) >= 11 is 4.82. The minimum Gasteiger partial charge on any atom is -0.459 e. The number of thiocarbonyl (C=S) groups is 1. The van der Waals surface area contributed by atoms with Gasteiger partial charge in [0, 0.05) is 17.5 Å². The molecule has 0 unspecified atom stereocenters. The molecule has 9 nitrogen and oxygen atoms in total. The van der Waals surface area contributed by atoms with Gasteiger partial charge in [-0.25, -0.2) is 0 Å². The Morgan fingerprint density at radius 3 is 2.61 bits per heavy atom. The Balaban J connectivity index is 1.84. The number of hydrazine groups is 1. The van der Waals surface area contributed by atoms with Crippen molar-refractivity contribution in [2.75, 3.05) is 0 Å². The summed E-state index contributed by atoms with van der Waals surface area (Å²) in [7, 11) is 0. The molecule has 2 amide bonds. The van der Waals surface area contributed by atoms with Crippen LogP contribution >= 0.6 is 12.2 Å². The lowest BCUT2D eigenvalue weighted by atomic mass is 9.75. The van der Waals surface area contributed by atoms with Crippen LogP contribution in [0.5, 0.6) is 0 Å². The van der Waals surface area contributed by atoms with Crippen LogP contribution < -0.4 is 22.0 Å². The first-order valence-corrected chi connectivity index (χ1v) is 8.97. The second-order valence-corrected chi connectivity index (χ2v) is 7.73. The fourth-order valence-electron chi connectivity index (χ4n) is 3.19. The standard InChI is InChI=1S/C18H21N5O4S/c1-9-13-10(20-23-17(19)28)7-18(2,3)8-12(13)27-14(9)16(25)22-21-15(24)11-5-4-6-26-11/h4-6H,7-8H2,1-3H3,(H,21,24)(H,22,25)(H3,19,23,28)/b20-10-. The molecule has 0 aliphatic heterocycles. The quantitative estimate of drug-likeness (QED) is 0.453. The van der Waals surface area contributed by atoms with Gasteiger partial charge >= 0.3 is 11.8 Å². The number of hydrogen-bond donors (Lipinski definition) is 4. The highest BCUT2D eigenvalue weighted by molar-refractivity contribution is 7.80. The molecule has 1 aliphatic carbocycles. The molecule has 1 aliphatic rings. The molecule has 2 aromatic heterocycles. The molecule has 0 fully saturated rings. The van der Waals surface area contributed by atoms with E-state index >= 15 is 0 Å². The van der Waals surface area contributed by atoms with E-state index in [0.717, 1.165) is 5.56 Å². The van der Waals surface area contributed by atoms with Crippen molar-refractivity contribution < 1.29 is 18.4 Å². The van der Waals surface area contributed by atoms with Crippen LogP contribution in [0.1, 0.15) is 58.3 Å². The molecule has 3 rings (SSSR count). The molecule has 0 spiro atoms. The molecule has 28 heavy (non-hydrogen) atoms. The molecule has 10 heteroatoms. The molecule has 2 heterocycles. The van der Waals surface area contributed by atoms with Crippen LogP contribution in [0.15, 0.2) is 32.3 Å². The molecule has 0 saturated heterocycles. The third-order valence-corrected chi connectivity index (χ3v) is 4.43. The van der Waals surface area contributed by atoms with E-state index in [9.17, 15) is 9.59 Å². The second-order valence-electron chi connectivity index (χ2n) is 7.29. The van der Waals surface area contributed by atoms with Gasteiger partial charge in [-0.3, -0.25) is 25.9 Å². The predicted molar refractivity (Wildman–Crippen MR) is 106 cm³/mol. The first kappa shape index (κ1) is 19.6. The zero-order valence-electron chi connectivity index (χ0n) is 15.7. The lowest BCUT2D eigenvalue weighted by molar-refractivity contribution is 0.0815. The number of hydrazone groups is 1. The van der Waals surface area contributed by atoms with Crippen LogP contribution in [0.4, 0.5) is 0 Å². The van der Waals surface area contributed by atoms with Crippen LogP contribution in [0.25, 0.3) is 0 Å². The van der Waals surface area contributed by atoms with Crippen LogP contribution in [-0.2, 0) is 6.42 Å². The first-order valence-electron chi connectivity index (χ1n) is 8.57. The van der Waals surface area contributed by atoms with Gasteiger partial charge in [-0.1, -0.05) is 13.8 Å². The summed E-state index contributed by atoms with van der Waals surface area (Å²) in [6.07, 6.45) is 2.67. The second kappa shape index (κ2) is 7.47. The molecule has 0 aromatic carbocycles. The average molecular weight is 403 g/mol. The number of carbonyl (C=O) groups is 2. The van der Waals surface area contributed by atoms with E-state index in [2.05, 4.69) is 35.2 Å². The first-order chi connectivity index (χ1) is 13.2. The number of amides is 2. The Labute approximate surface area is 166 Å². The van der Waals surface area contributed by atoms with Gasteiger partial charge in [0.05, 0.1) is 12.0 Å². The van der Waals surface area contributed by atoms with Gasteiger partial charge in [0.2, 0.25) is 0 Å². The number of fused-ring (bicyclic) bond motifs is 1. The molecule has 2 aromatic rings. The fraction of sp³-hybridized carbons (Fsp3) is 0.333. The van der Waals surface area contributed by atoms with Crippen LogP contribution in [0.2, 0.25) is 0 Å². The van der Waals surface area contributed by atoms with Crippen molar-refractivity contribution in [3.63, 3.8) is 0 Å². The van der Waals surface area contributed by atoms with Crippen molar-refractivity contribution in [3.05, 3.63) is 46.8 Å². The largest absolute Gasteiger partial charge is 0.459 e. The highest BCUT2D eigenvalue weighted by atomic mass is 32.1. The molecule has 148 valence electrons. The molecule has 0 radical (unpaired) electrons. The summed E-state index contributed by atoms with van der Waals surface area (Å²) < 4.78 is 10.8. The Bertz CT molecular complexity index is 959. The Kier molecular flexibility index (Phi) is 5.23. The van der Waals surface area contributed by atoms with Crippen molar-refractivity contribution in [2.45, 2.75) is 33.6 Å². The van der Waals surface area contributed by atoms with E-state index in [1.807, 2.05) is 0 Å². The van der Waals surface area contributed by atoms with E-state index in [1.165, 1.54) is 12.3 Å². The number of furan rings is 2. The van der Waals surface area contributed by atoms with Crippen LogP contribution in [-0.4, -0.2) is 22.6 Å². The summed E-state index contributed by atoms with van der Waals surface area (Å²) in [5, 5.41) is 4.34. The maximum Gasteiger partial charge on any atom is 0.305 e. The number of rotatable bonds is 3. The minimum atomic E-state index is -0.578. The van der Waals surface area contributed by atoms with Crippen molar-refractivity contribution in [1.29, 1.82) is 0 Å². The van der Waals surface area contributed by atoms with Gasteiger partial charge < -0.3 is 14.6 Å². The third kappa shape index (κ3) is 4.06. The predicted octanol–water partition coefficient (Wildman–Crippen LogP) is 1.77. The number of hydrogen-bond acceptors (Lipinski definition) is 6. The SMILES string of the molecule is Cc1c(C(=O)NNC(=O)c2ccco2)oc2c1/C(=N\NC(N)=S)CC(C)(C)C2. The number of nitrogens with zero attached hydrogens (tertiary/aromatic N) is 1. The zero-order chi connectivity index (χ0) is 20.5. The van der Waals surface area contributed by atoms with Crippen molar-refractivity contribution in [3.8, 4) is 0 Å². The Hall–Kier alpha value is -3.14. The topological polar surface area (TPSA) is 135 Å². The summed E-state index contributed by atoms with van der Waals surface area (Å²) in [5.74, 6) is -0.316. The lowest BCUT2D eigenvalue weighted by Gasteiger charge is -2.29. The van der Waals surface area contributed by atoms with E-state index in [4.69, 9.17) is 26.8 Å². The minimum absolute atomic E-state index is 0.0529. The number of nitrogens with two attached hydrogens (primary N) is 1. The smallest absolute Gasteiger partial charge is 0.305 e. The Morgan fingerprint density at radius 2 is 1.96 bits per heavy atom. The zero-order valence-corrected chi connectivity index (χ0v) is 16.5. The molecule has 0 atom stereocenters. The highest BCUT2D eigenvalue weighted by Crippen LogP contribution is 2.38. The van der Waals surface area contributed by atoms with Crippen LogP contribution in [0.3, 0.4) is 0 Å². The molecular weight excluding hydrogens is 382 g/mol. The van der Waals surface area contributed by atoms with E-state index in [1.54, 1.807) is 13.0 Å². The fourth-order valence-corrected chi connectivity index (χ4v) is 3.23. The van der Waals surface area contributed by atoms with Crippen molar-refractivity contribution in [1.82, 2.24) is 16.3 Å². The number of carbonyl (C=O) groups excluding carboxylic acids is 2. The van der Waals surface area contributed by atoms with E-state index in [0.29, 0.717) is 29.9 Å². The normalized spacial score (nSPS) is 16.3. The van der Waals surface area contributed by atoms with E-state index < -0.39 is 11.8 Å². The average Bonchev–Trinajstić information content (AvgIpc) is 3.25. The molecular formula is C18H21N5O4S.